The van der Waals surface area contributed by atoms with Crippen molar-refractivity contribution in [2.75, 3.05) is 5.75 Å². The SMILES string of the molecule is [2H]S(=O)(Cl)(Cl)CC. The van der Waals surface area contributed by atoms with Crippen LogP contribution in [0.25, 0.3) is 0 Å². The maximum absolute atomic E-state index is 10.4. The van der Waals surface area contributed by atoms with Crippen molar-refractivity contribution in [3.05, 3.63) is 0 Å². The summed E-state index contributed by atoms with van der Waals surface area (Å²) in [7, 11) is 5.99. The Balaban J connectivity index is 4.14. The molecule has 0 aliphatic rings. The Kier molecular flexibility index (Phi) is 1.74. The number of hydrogen-bond acceptors (Lipinski definition) is 1. The van der Waals surface area contributed by atoms with Gasteiger partial charge in [-0.25, -0.2) is 0 Å². The molecule has 0 saturated carbocycles. The summed E-state index contributed by atoms with van der Waals surface area (Å²) < 4.78 is 17.0. The molecule has 1 nitrogen and oxygen atoms in total. The van der Waals surface area contributed by atoms with Gasteiger partial charge in [0.1, 0.15) is 1.12 Å². The molecule has 0 atom stereocenters. The van der Waals surface area contributed by atoms with E-state index < -0.39 is 8.26 Å². The van der Waals surface area contributed by atoms with Crippen LogP contribution in [0.2, 0.25) is 0 Å². The molecule has 0 aliphatic heterocycles. The Labute approximate surface area is 48.1 Å². The largest absolute Gasteiger partial charge is 0.256 e. The number of rotatable bonds is 1. The second kappa shape index (κ2) is 2.15. The number of halogens is 2. The van der Waals surface area contributed by atoms with Crippen LogP contribution in [0.15, 0.2) is 0 Å². The summed E-state index contributed by atoms with van der Waals surface area (Å²) in [6, 6.07) is 0. The Hall–Kier alpha value is 0.730. The minimum absolute atomic E-state index is 0.0136. The standard InChI is InChI=1S/C2H6Cl2OS/c1-2-6(3,4)5/h6H,2H2,1H3/i6D. The average Bonchev–Trinajstić information content (AvgIpc) is 1.32. The molecule has 0 spiro atoms. The molecule has 40 valence electrons. The first-order valence-corrected chi connectivity index (χ1v) is 4.85. The zero-order chi connectivity index (χ0) is 6.15. The molecule has 0 N–H and O–H groups in total. The molecule has 0 fully saturated rings. The molecule has 0 bridgehead atoms. The summed E-state index contributed by atoms with van der Waals surface area (Å²) in [5.41, 5.74) is 0. The van der Waals surface area contributed by atoms with Gasteiger partial charge in [0, 0.05) is 14.0 Å². The van der Waals surface area contributed by atoms with Crippen molar-refractivity contribution in [3.8, 4) is 0 Å². The minimum Gasteiger partial charge on any atom is -0.256 e. The molecule has 0 saturated heterocycles. The molecular weight excluding hydrogens is 143 g/mol. The zero-order valence-corrected chi connectivity index (χ0v) is 5.61. The lowest BCUT2D eigenvalue weighted by Crippen LogP contribution is -1.91. The van der Waals surface area contributed by atoms with Gasteiger partial charge >= 0.3 is 0 Å². The second-order valence-electron chi connectivity index (χ2n) is 0.809. The summed E-state index contributed by atoms with van der Waals surface area (Å²) in [6.45, 7) is 1.50. The fourth-order valence-corrected chi connectivity index (χ4v) is 0. The summed E-state index contributed by atoms with van der Waals surface area (Å²) >= 11 is 0. The third-order valence-corrected chi connectivity index (χ3v) is 2.32. The molecule has 0 amide bonds. The fraction of sp³-hybridized carbons (Fsp3) is 1.00. The highest BCUT2D eigenvalue weighted by molar-refractivity contribution is 8.40. The first-order chi connectivity index (χ1) is 2.81. The molecule has 0 unspecified atom stereocenters. The van der Waals surface area contributed by atoms with Gasteiger partial charge in [-0.05, 0) is 21.4 Å². The first-order valence-electron chi connectivity index (χ1n) is 1.88. The van der Waals surface area contributed by atoms with Crippen LogP contribution < -0.4 is 0 Å². The normalized spacial score (nSPS) is 21.2. The Bertz CT molecular complexity index is 117. The van der Waals surface area contributed by atoms with Gasteiger partial charge in [0.2, 0.25) is 0 Å². The van der Waals surface area contributed by atoms with Gasteiger partial charge in [-0.1, -0.05) is 6.92 Å². The molecule has 0 aromatic carbocycles. The molecule has 0 rings (SSSR count). The predicted molar refractivity (Wildman–Crippen MR) is 31.8 cm³/mol. The van der Waals surface area contributed by atoms with Crippen LogP contribution in [0, 0.1) is 0 Å². The summed E-state index contributed by atoms with van der Waals surface area (Å²) in [4.78, 5) is 0. The average molecular weight is 150 g/mol. The van der Waals surface area contributed by atoms with Gasteiger partial charge in [-0.15, -0.1) is 0 Å². The van der Waals surface area contributed by atoms with E-state index in [1.165, 1.54) is 6.92 Å². The van der Waals surface area contributed by atoms with Crippen LogP contribution in [-0.4, -0.2) is 11.1 Å². The van der Waals surface area contributed by atoms with Gasteiger partial charge in [0.05, 0.1) is 0 Å². The Morgan fingerprint density at radius 1 is 2.00 bits per heavy atom. The highest BCUT2D eigenvalue weighted by Crippen LogP contribution is 2.13. The zero-order valence-electron chi connectivity index (χ0n) is 4.28. The lowest BCUT2D eigenvalue weighted by Gasteiger charge is -1.97. The van der Waals surface area contributed by atoms with Crippen molar-refractivity contribution in [2.45, 2.75) is 6.92 Å². The van der Waals surface area contributed by atoms with E-state index in [0.717, 1.165) is 0 Å². The molecule has 0 aromatic rings. The molecular formula is C2H6Cl2OS. The number of thiol groups is 1. The van der Waals surface area contributed by atoms with Crippen molar-refractivity contribution in [1.29, 1.82) is 1.12 Å². The van der Waals surface area contributed by atoms with Crippen molar-refractivity contribution >= 4 is 29.6 Å². The van der Waals surface area contributed by atoms with Gasteiger partial charge in [0.15, 0.2) is 0 Å². The summed E-state index contributed by atoms with van der Waals surface area (Å²) in [6.07, 6.45) is 0. The maximum atomic E-state index is 10.4. The second-order valence-corrected chi connectivity index (χ2v) is 5.89. The Morgan fingerprint density at radius 3 is 2.17 bits per heavy atom. The topological polar surface area (TPSA) is 17.1 Å². The molecule has 0 aliphatic carbocycles. The van der Waals surface area contributed by atoms with E-state index in [9.17, 15) is 4.21 Å². The fourth-order valence-electron chi connectivity index (χ4n) is 0. The molecule has 6 heavy (non-hydrogen) atoms. The van der Waals surface area contributed by atoms with Crippen molar-refractivity contribution in [2.24, 2.45) is 0 Å². The van der Waals surface area contributed by atoms with Gasteiger partial charge < -0.3 is 0 Å². The van der Waals surface area contributed by atoms with Crippen molar-refractivity contribution in [1.82, 2.24) is 0 Å². The smallest absolute Gasteiger partial charge is 0.147 e. The van der Waals surface area contributed by atoms with Crippen LogP contribution in [0.1, 0.15) is 6.92 Å². The van der Waals surface area contributed by atoms with E-state index in [-0.39, 0.29) is 5.75 Å². The molecule has 0 heterocycles. The minimum atomic E-state index is -3.92. The van der Waals surface area contributed by atoms with E-state index in [1.54, 1.807) is 0 Å². The predicted octanol–water partition coefficient (Wildman–Crippen LogP) is 1.33. The van der Waals surface area contributed by atoms with Crippen LogP contribution in [-0.2, 0) is 8.26 Å². The monoisotopic (exact) mass is 149 g/mol. The van der Waals surface area contributed by atoms with Gasteiger partial charge in [-0.3, -0.25) is 4.21 Å². The highest BCUT2D eigenvalue weighted by atomic mass is 36.0. The lowest BCUT2D eigenvalue weighted by molar-refractivity contribution is 0.689. The molecule has 0 radical (unpaired) electrons. The third kappa shape index (κ3) is 4.73. The van der Waals surface area contributed by atoms with Crippen LogP contribution in [0.4, 0.5) is 0 Å². The van der Waals surface area contributed by atoms with E-state index >= 15 is 0 Å². The van der Waals surface area contributed by atoms with E-state index in [0.29, 0.717) is 0 Å². The molecule has 4 heteroatoms. The maximum Gasteiger partial charge on any atom is 0.147 e. The van der Waals surface area contributed by atoms with E-state index in [4.69, 9.17) is 22.5 Å². The first kappa shape index (κ1) is 4.88. The van der Waals surface area contributed by atoms with E-state index in [1.807, 2.05) is 0 Å². The van der Waals surface area contributed by atoms with Gasteiger partial charge in [0.25, 0.3) is 0 Å². The Morgan fingerprint density at radius 2 is 2.17 bits per heavy atom. The van der Waals surface area contributed by atoms with Crippen LogP contribution >= 0.6 is 21.4 Å². The lowest BCUT2D eigenvalue weighted by atomic mass is 11.0. The summed E-state index contributed by atoms with van der Waals surface area (Å²) in [5, 5.41) is 0. The van der Waals surface area contributed by atoms with Crippen LogP contribution in [0.3, 0.4) is 0 Å². The third-order valence-electron chi connectivity index (χ3n) is 0.336. The van der Waals surface area contributed by atoms with E-state index in [2.05, 4.69) is 0 Å². The van der Waals surface area contributed by atoms with Gasteiger partial charge in [-0.2, -0.15) is 0 Å². The summed E-state index contributed by atoms with van der Waals surface area (Å²) in [5.74, 6) is -0.0136. The highest BCUT2D eigenvalue weighted by Gasteiger charge is 1.96. The van der Waals surface area contributed by atoms with Crippen LogP contribution in [0.5, 0.6) is 0 Å². The van der Waals surface area contributed by atoms with Crippen molar-refractivity contribution in [3.63, 3.8) is 0 Å². The number of hydrogen-bond donors (Lipinski definition) is 1. The van der Waals surface area contributed by atoms with Crippen molar-refractivity contribution < 1.29 is 4.21 Å². The quantitative estimate of drug-likeness (QED) is 0.440. The molecule has 0 aromatic heterocycles.